The van der Waals surface area contributed by atoms with Gasteiger partial charge in [-0.1, -0.05) is 364 Å². The van der Waals surface area contributed by atoms with Crippen molar-refractivity contribution in [2.24, 2.45) is 0 Å². The van der Waals surface area contributed by atoms with E-state index in [9.17, 15) is 59.4 Å². The molecule has 0 aromatic heterocycles. The van der Waals surface area contributed by atoms with Crippen molar-refractivity contribution in [3.63, 3.8) is 0 Å². The van der Waals surface area contributed by atoms with Crippen molar-refractivity contribution in [3.8, 4) is 0 Å². The molecule has 0 atom stereocenters. The van der Waals surface area contributed by atoms with Gasteiger partial charge in [0.05, 0.1) is 35.8 Å². The van der Waals surface area contributed by atoms with E-state index in [0.29, 0.717) is 0 Å². The van der Waals surface area contributed by atoms with Gasteiger partial charge >= 0.3 is 71.2 Å². The first-order chi connectivity index (χ1) is 56.7. The van der Waals surface area contributed by atoms with Crippen LogP contribution < -0.4 is 30.6 Å². The molecular formula is C100H98La2O16. The second-order valence-corrected chi connectivity index (χ2v) is 26.7. The van der Waals surface area contributed by atoms with Gasteiger partial charge in [-0.05, 0) is 118 Å². The summed E-state index contributed by atoms with van der Waals surface area (Å²) >= 11 is 0. The van der Waals surface area contributed by atoms with Gasteiger partial charge in [-0.3, -0.25) is 0 Å². The van der Waals surface area contributed by atoms with Crippen LogP contribution >= 0.6 is 0 Å². The third-order valence-corrected chi connectivity index (χ3v) is 18.3. The minimum atomic E-state index is -1.07. The van der Waals surface area contributed by atoms with Crippen LogP contribution in [0.25, 0.3) is 0 Å². The quantitative estimate of drug-likeness (QED) is 0.0772. The molecule has 0 N–H and O–H groups in total. The number of carbonyl (C=O) groups is 6. The van der Waals surface area contributed by atoms with Crippen molar-refractivity contribution in [1.29, 1.82) is 0 Å². The molecule has 0 amide bonds. The Morgan fingerprint density at radius 2 is 0.237 bits per heavy atom. The molecule has 4 fully saturated rings. The molecule has 118 heavy (non-hydrogen) atoms. The second-order valence-electron chi connectivity index (χ2n) is 26.7. The molecule has 16 nitrogen and oxygen atoms in total. The first kappa shape index (κ1) is 98.3. The fourth-order valence-corrected chi connectivity index (χ4v) is 12.6. The second kappa shape index (κ2) is 59.4. The maximum Gasteiger partial charge on any atom is 3.00 e. The normalized spacial score (nSPS) is 12.5. The van der Waals surface area contributed by atoms with Gasteiger partial charge in [0.25, 0.3) is 0 Å². The van der Waals surface area contributed by atoms with E-state index < -0.39 is 71.3 Å². The van der Waals surface area contributed by atoms with E-state index >= 15 is 0 Å². The summed E-state index contributed by atoms with van der Waals surface area (Å²) in [5.74, 6) is -10.6. The molecule has 4 heterocycles. The van der Waals surface area contributed by atoms with Crippen LogP contribution in [0.5, 0.6) is 0 Å². The van der Waals surface area contributed by atoms with E-state index in [1.165, 1.54) is 51.4 Å². The number of carboxylic acid groups (broad SMARTS) is 6. The fraction of sp³-hybridized carbons (Fsp3) is 0.220. The molecule has 12 aromatic rings. The summed E-state index contributed by atoms with van der Waals surface area (Å²) in [6.07, 6.45) is 10.2. The Labute approximate surface area is 749 Å². The van der Waals surface area contributed by atoms with Gasteiger partial charge in [0.1, 0.15) is 0 Å². The van der Waals surface area contributed by atoms with Crippen LogP contribution in [-0.4, -0.2) is 88.7 Å². The minimum absolute atomic E-state index is 0. The van der Waals surface area contributed by atoms with Crippen molar-refractivity contribution in [1.82, 2.24) is 0 Å². The molecule has 4 aliphatic rings. The Kier molecular flexibility index (Phi) is 49.4. The maximum absolute atomic E-state index is 11.2. The van der Waals surface area contributed by atoms with Crippen LogP contribution in [0.1, 0.15) is 154 Å². The van der Waals surface area contributed by atoms with Crippen molar-refractivity contribution >= 4 is 35.8 Å². The SMILES string of the molecule is C1CCOC1.C1CCOC1.C1CCOC1.C1CCOC1.O=C([O-])C(c1ccccc1)c1ccccc1.O=C([O-])C(c1ccccc1)c1ccccc1.O=C([O-])C(c1ccccc1)c1ccccc1.O=C([O-])C(c1ccccc1)c1ccccc1.O=C([O-])C(c1ccccc1)c1ccccc1.O=C([O-])C(c1ccccc1)c1ccccc1.[La+3].[La+3]. The third-order valence-electron chi connectivity index (χ3n) is 18.3. The molecule has 16 rings (SSSR count). The fourth-order valence-electron chi connectivity index (χ4n) is 12.6. The molecule has 4 aliphatic heterocycles. The number of benzene rings is 12. The van der Waals surface area contributed by atoms with Crippen LogP contribution in [0.4, 0.5) is 0 Å². The first-order valence-electron chi connectivity index (χ1n) is 38.9. The van der Waals surface area contributed by atoms with Crippen LogP contribution in [0.2, 0.25) is 0 Å². The van der Waals surface area contributed by atoms with E-state index in [0.717, 1.165) is 120 Å². The number of hydrogen-bond acceptors (Lipinski definition) is 16. The monoisotopic (exact) mass is 1830 g/mol. The molecule has 0 aliphatic carbocycles. The van der Waals surface area contributed by atoms with Crippen LogP contribution in [0, 0.1) is 71.2 Å². The minimum Gasteiger partial charge on any atom is -0.549 e. The number of aliphatic carboxylic acids is 6. The Morgan fingerprint density at radius 3 is 0.288 bits per heavy atom. The van der Waals surface area contributed by atoms with E-state index in [2.05, 4.69) is 0 Å². The van der Waals surface area contributed by atoms with Gasteiger partial charge in [0.15, 0.2) is 0 Å². The number of carbonyl (C=O) groups excluding carboxylic acids is 6. The Bertz CT molecular complexity index is 3590. The summed E-state index contributed by atoms with van der Waals surface area (Å²) in [5.41, 5.74) is 8.93. The van der Waals surface area contributed by atoms with Crippen molar-refractivity contribution in [2.45, 2.75) is 86.9 Å². The summed E-state index contributed by atoms with van der Waals surface area (Å²) in [6, 6.07) is 109. The van der Waals surface area contributed by atoms with Gasteiger partial charge < -0.3 is 78.4 Å². The summed E-state index contributed by atoms with van der Waals surface area (Å²) < 4.78 is 19.8. The maximum atomic E-state index is 11.2. The zero-order valence-corrected chi connectivity index (χ0v) is 73.4. The van der Waals surface area contributed by atoms with Crippen LogP contribution in [-0.2, 0) is 47.7 Å². The van der Waals surface area contributed by atoms with Gasteiger partial charge in [-0.15, -0.1) is 0 Å². The average Bonchev–Trinajstić information content (AvgIpc) is 1.30. The average molecular weight is 1830 g/mol. The molecule has 0 saturated carbocycles. The predicted octanol–water partition coefficient (Wildman–Crippen LogP) is 12.6. The van der Waals surface area contributed by atoms with Crippen molar-refractivity contribution in [3.05, 3.63) is 431 Å². The van der Waals surface area contributed by atoms with E-state index in [-0.39, 0.29) is 71.2 Å². The van der Waals surface area contributed by atoms with E-state index in [1.54, 1.807) is 146 Å². The number of hydrogen-bond donors (Lipinski definition) is 0. The first-order valence-corrected chi connectivity index (χ1v) is 38.9. The smallest absolute Gasteiger partial charge is 0.549 e. The molecular weight excluding hydrogens is 1730 g/mol. The molecule has 0 radical (unpaired) electrons. The Balaban J connectivity index is 0.000000239. The standard InChI is InChI=1S/6C14H12O2.4C4H8O.2La/c6*15-14(16)13(11-7-3-1-4-8-11)12-9-5-2-6-10-12;4*1-2-4-5-3-1;;/h6*1-10,13H,(H,15,16);4*1-4H2;;/q;;;;;;;;;;2*+3/p-6. The molecule has 4 saturated heterocycles. The molecule has 0 bridgehead atoms. The zero-order valence-electron chi connectivity index (χ0n) is 66.1. The van der Waals surface area contributed by atoms with Gasteiger partial charge in [-0.25, -0.2) is 0 Å². The summed E-state index contributed by atoms with van der Waals surface area (Å²) in [5, 5.41) is 67.1. The molecule has 600 valence electrons. The topological polar surface area (TPSA) is 278 Å². The zero-order chi connectivity index (χ0) is 82.4. The summed E-state index contributed by atoms with van der Waals surface area (Å²) in [6.45, 7) is 8.00. The summed E-state index contributed by atoms with van der Waals surface area (Å²) in [4.78, 5) is 67.1. The Morgan fingerprint density at radius 1 is 0.161 bits per heavy atom. The van der Waals surface area contributed by atoms with Crippen molar-refractivity contribution in [2.75, 3.05) is 52.9 Å². The number of carboxylic acids is 6. The van der Waals surface area contributed by atoms with E-state index in [1.807, 2.05) is 218 Å². The molecule has 0 spiro atoms. The van der Waals surface area contributed by atoms with E-state index in [4.69, 9.17) is 18.9 Å². The van der Waals surface area contributed by atoms with Gasteiger partial charge in [0.2, 0.25) is 0 Å². The number of rotatable bonds is 18. The van der Waals surface area contributed by atoms with Crippen LogP contribution in [0.15, 0.2) is 364 Å². The van der Waals surface area contributed by atoms with Crippen molar-refractivity contribution < 1.29 is 150 Å². The number of ether oxygens (including phenoxy) is 4. The van der Waals surface area contributed by atoms with Gasteiger partial charge in [-0.2, -0.15) is 0 Å². The molecule has 12 aromatic carbocycles. The van der Waals surface area contributed by atoms with Gasteiger partial charge in [0, 0.05) is 88.4 Å². The summed E-state index contributed by atoms with van der Waals surface area (Å²) in [7, 11) is 0. The predicted molar refractivity (Wildman–Crippen MR) is 439 cm³/mol. The molecule has 0 unspecified atom stereocenters. The Hall–Kier alpha value is -10.3. The third kappa shape index (κ3) is 36.7. The molecule has 18 heteroatoms. The largest absolute Gasteiger partial charge is 3.00 e. The van der Waals surface area contributed by atoms with Crippen LogP contribution in [0.3, 0.4) is 0 Å².